The molecule has 0 aromatic carbocycles. The van der Waals surface area contributed by atoms with Gasteiger partial charge in [-0.1, -0.05) is 0 Å². The van der Waals surface area contributed by atoms with Crippen molar-refractivity contribution >= 4 is 11.9 Å². The van der Waals surface area contributed by atoms with Crippen LogP contribution in [0.2, 0.25) is 0 Å². The van der Waals surface area contributed by atoms with E-state index in [1.165, 1.54) is 0 Å². The molecule has 1 aliphatic carbocycles. The molecule has 1 saturated heterocycles. The molecular weight excluding hydrogens is 206 g/mol. The van der Waals surface area contributed by atoms with Crippen molar-refractivity contribution in [1.82, 2.24) is 15.2 Å². The van der Waals surface area contributed by atoms with Crippen molar-refractivity contribution in [2.24, 2.45) is 7.05 Å². The molecule has 3 amide bonds. The average molecular weight is 219 g/mol. The number of hydrogen-bond donors (Lipinski definition) is 2. The zero-order valence-electron chi connectivity index (χ0n) is 9.04. The molecule has 2 aliphatic rings. The average Bonchev–Trinajstić information content (AvgIpc) is 2.73. The number of nitrogens with one attached hydrogen (secondary N) is 2. The van der Waals surface area contributed by atoms with E-state index < -0.39 is 5.54 Å². The summed E-state index contributed by atoms with van der Waals surface area (Å²) in [6.07, 6.45) is 4.50. The summed E-state index contributed by atoms with van der Waals surface area (Å²) in [5, 5.41) is 5.10. The van der Waals surface area contributed by atoms with E-state index in [0.29, 0.717) is 6.42 Å². The third-order valence-electron chi connectivity index (χ3n) is 3.57. The fourth-order valence-electron chi connectivity index (χ4n) is 2.78. The molecule has 0 saturated carbocycles. The molecule has 5 nitrogen and oxygen atoms in total. The number of nitrogens with zero attached hydrogens (tertiary/aromatic N) is 1. The maximum Gasteiger partial charge on any atom is 0.322 e. The maximum absolute atomic E-state index is 11.9. The van der Waals surface area contributed by atoms with Crippen molar-refractivity contribution in [2.45, 2.75) is 24.8 Å². The van der Waals surface area contributed by atoms with E-state index in [4.69, 9.17) is 0 Å². The summed E-state index contributed by atoms with van der Waals surface area (Å²) < 4.78 is 2.02. The fourth-order valence-corrected chi connectivity index (χ4v) is 2.78. The Hall–Kier alpha value is -1.78. The highest BCUT2D eigenvalue weighted by Crippen LogP contribution is 2.37. The van der Waals surface area contributed by atoms with Crippen molar-refractivity contribution in [1.29, 1.82) is 0 Å². The minimum absolute atomic E-state index is 0.218. The second kappa shape index (κ2) is 2.87. The van der Waals surface area contributed by atoms with E-state index in [2.05, 4.69) is 10.6 Å². The molecule has 84 valence electrons. The first-order chi connectivity index (χ1) is 7.63. The van der Waals surface area contributed by atoms with Gasteiger partial charge in [-0.05, 0) is 25.3 Å². The quantitative estimate of drug-likeness (QED) is 0.620. The predicted octanol–water partition coefficient (Wildman–Crippen LogP) is 0.396. The Morgan fingerprint density at radius 1 is 1.44 bits per heavy atom. The molecule has 1 atom stereocenters. The smallest absolute Gasteiger partial charge is 0.322 e. The number of hydrogen-bond acceptors (Lipinski definition) is 2. The topological polar surface area (TPSA) is 63.1 Å². The molecule has 1 aromatic rings. The Kier molecular flexibility index (Phi) is 1.70. The van der Waals surface area contributed by atoms with Gasteiger partial charge in [0.25, 0.3) is 5.91 Å². The Morgan fingerprint density at radius 3 is 2.94 bits per heavy atom. The Bertz CT molecular complexity index is 491. The molecule has 1 aliphatic heterocycles. The highest BCUT2D eigenvalue weighted by atomic mass is 16.2. The second-order valence-corrected chi connectivity index (χ2v) is 4.45. The van der Waals surface area contributed by atoms with E-state index >= 15 is 0 Å². The van der Waals surface area contributed by atoms with Gasteiger partial charge in [0.1, 0.15) is 5.54 Å². The number of aromatic nitrogens is 1. The van der Waals surface area contributed by atoms with Gasteiger partial charge in [-0.2, -0.15) is 0 Å². The first-order valence-electron chi connectivity index (χ1n) is 5.42. The highest BCUT2D eigenvalue weighted by molar-refractivity contribution is 6.07. The number of fused-ring (bicyclic) bond motifs is 2. The van der Waals surface area contributed by atoms with Crippen LogP contribution < -0.4 is 10.6 Å². The molecule has 1 fully saturated rings. The van der Waals surface area contributed by atoms with Crippen LogP contribution in [0.5, 0.6) is 0 Å². The second-order valence-electron chi connectivity index (χ2n) is 4.45. The molecule has 16 heavy (non-hydrogen) atoms. The predicted molar refractivity (Wildman–Crippen MR) is 56.7 cm³/mol. The zero-order chi connectivity index (χ0) is 11.3. The van der Waals surface area contributed by atoms with Crippen LogP contribution in [-0.4, -0.2) is 16.5 Å². The molecule has 2 heterocycles. The Balaban J connectivity index is 2.17. The molecular formula is C11H13N3O2. The summed E-state index contributed by atoms with van der Waals surface area (Å²) in [5.74, 6) is -0.218. The summed E-state index contributed by atoms with van der Waals surface area (Å²) in [5.41, 5.74) is 1.28. The van der Waals surface area contributed by atoms with E-state index in [1.54, 1.807) is 0 Å². The van der Waals surface area contributed by atoms with Crippen LogP contribution in [-0.2, 0) is 23.8 Å². The number of urea groups is 1. The minimum Gasteiger partial charge on any atom is -0.354 e. The van der Waals surface area contributed by atoms with Crippen LogP contribution in [0.25, 0.3) is 0 Å². The lowest BCUT2D eigenvalue weighted by Gasteiger charge is -2.31. The molecule has 0 radical (unpaired) electrons. The first-order valence-corrected chi connectivity index (χ1v) is 5.42. The van der Waals surface area contributed by atoms with Crippen LogP contribution in [0, 0.1) is 0 Å². The Labute approximate surface area is 92.8 Å². The maximum atomic E-state index is 11.9. The highest BCUT2D eigenvalue weighted by Gasteiger charge is 2.50. The normalized spacial score (nSPS) is 27.8. The number of imide groups is 1. The van der Waals surface area contributed by atoms with Gasteiger partial charge in [0.05, 0.1) is 0 Å². The minimum atomic E-state index is -0.814. The summed E-state index contributed by atoms with van der Waals surface area (Å²) in [4.78, 5) is 23.2. The standard InChI is InChI=1S/C11H13N3O2/c1-14-6-4-7-8(14)3-2-5-11(7)9(15)12-10(16)13-11/h4,6H,2-3,5H2,1H3,(H2,12,13,15,16). The summed E-state index contributed by atoms with van der Waals surface area (Å²) in [6.45, 7) is 0. The summed E-state index contributed by atoms with van der Waals surface area (Å²) >= 11 is 0. The van der Waals surface area contributed by atoms with E-state index in [1.807, 2.05) is 23.9 Å². The van der Waals surface area contributed by atoms with Crippen LogP contribution in [0.15, 0.2) is 12.3 Å². The van der Waals surface area contributed by atoms with Gasteiger partial charge in [-0.25, -0.2) is 4.79 Å². The third-order valence-corrected chi connectivity index (χ3v) is 3.57. The van der Waals surface area contributed by atoms with Gasteiger partial charge < -0.3 is 9.88 Å². The van der Waals surface area contributed by atoms with Gasteiger partial charge in [-0.15, -0.1) is 0 Å². The van der Waals surface area contributed by atoms with Crippen LogP contribution >= 0.6 is 0 Å². The van der Waals surface area contributed by atoms with E-state index in [-0.39, 0.29) is 11.9 Å². The van der Waals surface area contributed by atoms with Crippen molar-refractivity contribution < 1.29 is 9.59 Å². The number of carbonyl (C=O) groups is 2. The third kappa shape index (κ3) is 1.00. The first kappa shape index (κ1) is 9.45. The van der Waals surface area contributed by atoms with Crippen molar-refractivity contribution in [2.75, 3.05) is 0 Å². The largest absolute Gasteiger partial charge is 0.354 e. The van der Waals surface area contributed by atoms with Crippen molar-refractivity contribution in [3.63, 3.8) is 0 Å². The fraction of sp³-hybridized carbons (Fsp3) is 0.455. The summed E-state index contributed by atoms with van der Waals surface area (Å²) in [7, 11) is 1.96. The monoisotopic (exact) mass is 219 g/mol. The molecule has 1 spiro atoms. The number of aryl methyl sites for hydroxylation is 1. The molecule has 0 bridgehead atoms. The van der Waals surface area contributed by atoms with Gasteiger partial charge in [0.15, 0.2) is 0 Å². The molecule has 3 rings (SSSR count). The zero-order valence-corrected chi connectivity index (χ0v) is 9.04. The molecule has 2 N–H and O–H groups in total. The van der Waals surface area contributed by atoms with Crippen LogP contribution in [0.3, 0.4) is 0 Å². The molecule has 1 unspecified atom stereocenters. The van der Waals surface area contributed by atoms with Gasteiger partial charge >= 0.3 is 6.03 Å². The van der Waals surface area contributed by atoms with Gasteiger partial charge in [0.2, 0.25) is 0 Å². The number of carbonyl (C=O) groups excluding carboxylic acids is 2. The number of amides is 3. The van der Waals surface area contributed by atoms with Crippen molar-refractivity contribution in [3.8, 4) is 0 Å². The lowest BCUT2D eigenvalue weighted by atomic mass is 9.79. The van der Waals surface area contributed by atoms with Crippen LogP contribution in [0.4, 0.5) is 4.79 Å². The molecule has 5 heteroatoms. The summed E-state index contributed by atoms with van der Waals surface area (Å²) in [6, 6.07) is 1.54. The molecule has 1 aromatic heterocycles. The van der Waals surface area contributed by atoms with Crippen molar-refractivity contribution in [3.05, 3.63) is 23.5 Å². The van der Waals surface area contributed by atoms with E-state index in [0.717, 1.165) is 24.1 Å². The SMILES string of the molecule is Cn1ccc2c1CCCC21NC(=O)NC1=O. The lowest BCUT2D eigenvalue weighted by Crippen LogP contribution is -2.46. The number of rotatable bonds is 0. The van der Waals surface area contributed by atoms with Gasteiger partial charge in [0, 0.05) is 24.5 Å². The van der Waals surface area contributed by atoms with Crippen LogP contribution in [0.1, 0.15) is 24.1 Å². The Morgan fingerprint density at radius 2 is 2.25 bits per heavy atom. The lowest BCUT2D eigenvalue weighted by molar-refractivity contribution is -0.124. The van der Waals surface area contributed by atoms with Gasteiger partial charge in [-0.3, -0.25) is 10.1 Å². The van der Waals surface area contributed by atoms with E-state index in [9.17, 15) is 9.59 Å².